The number of para-hydroxylation sites is 2. The third kappa shape index (κ3) is 4.62. The standard InChI is InChI=1S/C55H35NO2/c1-3-16-36(17-4-1)37-30-32-39(33-31-37)56(48-27-14-10-20-40(48)38-18-5-2-6-19-38)49-28-15-29-50-53(49)58-54-51(57-50)35-34-47-52(54)43-23-9-13-26-46(43)55(47)44-24-11-7-21-41(44)42-22-8-12-25-45(42)55/h1-35H. The Morgan fingerprint density at radius 3 is 1.52 bits per heavy atom. The Hall–Kier alpha value is -7.62. The van der Waals surface area contributed by atoms with Crippen molar-refractivity contribution >= 4 is 17.1 Å². The Labute approximate surface area is 337 Å². The van der Waals surface area contributed by atoms with Gasteiger partial charge in [0.1, 0.15) is 0 Å². The molecule has 2 aliphatic carbocycles. The lowest BCUT2D eigenvalue weighted by molar-refractivity contribution is 0.361. The Morgan fingerprint density at radius 2 is 0.828 bits per heavy atom. The van der Waals surface area contributed by atoms with Crippen LogP contribution in [0.15, 0.2) is 212 Å². The van der Waals surface area contributed by atoms with Gasteiger partial charge in [0, 0.05) is 16.8 Å². The van der Waals surface area contributed by atoms with E-state index in [1.807, 2.05) is 6.07 Å². The molecule has 0 radical (unpaired) electrons. The van der Waals surface area contributed by atoms with Crippen molar-refractivity contribution < 1.29 is 9.47 Å². The average Bonchev–Trinajstić information content (AvgIpc) is 3.77. The van der Waals surface area contributed by atoms with Gasteiger partial charge in [0.05, 0.1) is 16.8 Å². The van der Waals surface area contributed by atoms with Crippen molar-refractivity contribution in [2.75, 3.05) is 4.90 Å². The van der Waals surface area contributed by atoms with Gasteiger partial charge in [-0.25, -0.2) is 0 Å². The Balaban J connectivity index is 1.07. The third-order valence-electron chi connectivity index (χ3n) is 12.2. The second-order valence-corrected chi connectivity index (χ2v) is 15.1. The van der Waals surface area contributed by atoms with Crippen molar-refractivity contribution in [2.24, 2.45) is 0 Å². The molecule has 0 N–H and O–H groups in total. The third-order valence-corrected chi connectivity index (χ3v) is 12.2. The van der Waals surface area contributed by atoms with Crippen molar-refractivity contribution in [3.63, 3.8) is 0 Å². The molecule has 0 fully saturated rings. The summed E-state index contributed by atoms with van der Waals surface area (Å²) in [6.45, 7) is 0. The van der Waals surface area contributed by atoms with Crippen LogP contribution in [0.2, 0.25) is 0 Å². The lowest BCUT2D eigenvalue weighted by Gasteiger charge is -2.33. The summed E-state index contributed by atoms with van der Waals surface area (Å²) in [4.78, 5) is 2.31. The predicted molar refractivity (Wildman–Crippen MR) is 235 cm³/mol. The fourth-order valence-electron chi connectivity index (χ4n) is 9.77. The second kappa shape index (κ2) is 12.7. The molecule has 0 unspecified atom stereocenters. The van der Waals surface area contributed by atoms with Crippen LogP contribution in [0, 0.1) is 0 Å². The Morgan fingerprint density at radius 1 is 0.310 bits per heavy atom. The topological polar surface area (TPSA) is 21.7 Å². The van der Waals surface area contributed by atoms with Gasteiger partial charge in [0.2, 0.25) is 0 Å². The molecule has 0 saturated carbocycles. The highest BCUT2D eigenvalue weighted by Gasteiger charge is 2.53. The van der Waals surface area contributed by atoms with Gasteiger partial charge in [0.15, 0.2) is 23.0 Å². The second-order valence-electron chi connectivity index (χ2n) is 15.1. The van der Waals surface area contributed by atoms with E-state index in [9.17, 15) is 0 Å². The molecule has 0 atom stereocenters. The highest BCUT2D eigenvalue weighted by Crippen LogP contribution is 2.67. The number of hydrogen-bond donors (Lipinski definition) is 0. The normalized spacial score (nSPS) is 13.2. The summed E-state index contributed by atoms with van der Waals surface area (Å²) in [5.41, 5.74) is 16.8. The van der Waals surface area contributed by atoms with Gasteiger partial charge >= 0.3 is 0 Å². The van der Waals surface area contributed by atoms with Crippen LogP contribution < -0.4 is 14.4 Å². The first-order valence-corrected chi connectivity index (χ1v) is 19.8. The molecule has 12 rings (SSSR count). The SMILES string of the molecule is c1ccc(-c2ccc(N(c3ccccc3-c3ccccc3)c3cccc4c3Oc3c(ccc5c3-c3ccccc3C53c5ccccc5-c5ccccc53)O4)cc2)cc1. The van der Waals surface area contributed by atoms with Crippen LogP contribution in [0.1, 0.15) is 22.3 Å². The molecule has 58 heavy (non-hydrogen) atoms. The summed E-state index contributed by atoms with van der Waals surface area (Å²) in [6, 6.07) is 75.7. The van der Waals surface area contributed by atoms with Gasteiger partial charge < -0.3 is 14.4 Å². The van der Waals surface area contributed by atoms with E-state index in [2.05, 4.69) is 211 Å². The first-order valence-electron chi connectivity index (χ1n) is 19.8. The van der Waals surface area contributed by atoms with Crippen LogP contribution in [-0.4, -0.2) is 0 Å². The lowest BCUT2D eigenvalue weighted by Crippen LogP contribution is -2.25. The minimum atomic E-state index is -0.488. The lowest BCUT2D eigenvalue weighted by atomic mass is 9.70. The molecule has 3 aliphatic rings. The Bertz CT molecular complexity index is 3020. The zero-order chi connectivity index (χ0) is 38.2. The van der Waals surface area contributed by atoms with Crippen molar-refractivity contribution in [3.8, 4) is 67.5 Å². The zero-order valence-corrected chi connectivity index (χ0v) is 31.5. The van der Waals surface area contributed by atoms with Crippen LogP contribution in [0.5, 0.6) is 23.0 Å². The molecule has 0 saturated heterocycles. The van der Waals surface area contributed by atoms with Crippen LogP contribution in [0.4, 0.5) is 17.1 Å². The van der Waals surface area contributed by atoms with E-state index in [1.165, 1.54) is 38.9 Å². The van der Waals surface area contributed by atoms with Gasteiger partial charge in [0.25, 0.3) is 0 Å². The summed E-state index contributed by atoms with van der Waals surface area (Å²) in [6.07, 6.45) is 0. The van der Waals surface area contributed by atoms with Crippen LogP contribution >= 0.6 is 0 Å². The predicted octanol–water partition coefficient (Wildman–Crippen LogP) is 14.7. The minimum Gasteiger partial charge on any atom is -0.449 e. The summed E-state index contributed by atoms with van der Waals surface area (Å²) >= 11 is 0. The summed E-state index contributed by atoms with van der Waals surface area (Å²) in [7, 11) is 0. The molecule has 3 heteroatoms. The van der Waals surface area contributed by atoms with Crippen LogP contribution in [0.25, 0.3) is 44.5 Å². The average molecular weight is 742 g/mol. The Kier molecular flexibility index (Phi) is 7.14. The number of hydrogen-bond acceptors (Lipinski definition) is 3. The molecule has 1 spiro atoms. The minimum absolute atomic E-state index is 0.488. The molecule has 0 aromatic heterocycles. The van der Waals surface area contributed by atoms with Crippen molar-refractivity contribution in [2.45, 2.75) is 5.41 Å². The fraction of sp³-hybridized carbons (Fsp3) is 0.0182. The summed E-state index contributed by atoms with van der Waals surface area (Å²) in [5.74, 6) is 2.78. The van der Waals surface area contributed by atoms with E-state index in [0.29, 0.717) is 17.2 Å². The first-order chi connectivity index (χ1) is 28.8. The number of benzene rings is 9. The molecule has 1 heterocycles. The number of anilines is 3. The molecule has 272 valence electrons. The van der Waals surface area contributed by atoms with Gasteiger partial charge in [-0.15, -0.1) is 0 Å². The summed E-state index contributed by atoms with van der Waals surface area (Å²) in [5, 5.41) is 0. The van der Waals surface area contributed by atoms with Crippen LogP contribution in [-0.2, 0) is 5.41 Å². The quantitative estimate of drug-likeness (QED) is 0.175. The summed E-state index contributed by atoms with van der Waals surface area (Å²) < 4.78 is 14.3. The van der Waals surface area contributed by atoms with Gasteiger partial charge in [-0.2, -0.15) is 0 Å². The highest BCUT2D eigenvalue weighted by atomic mass is 16.6. The monoisotopic (exact) mass is 741 g/mol. The van der Waals surface area contributed by atoms with E-state index in [-0.39, 0.29) is 0 Å². The largest absolute Gasteiger partial charge is 0.449 e. The number of fused-ring (bicyclic) bond motifs is 13. The molecule has 0 amide bonds. The first kappa shape index (κ1) is 32.6. The maximum absolute atomic E-state index is 7.38. The number of rotatable bonds is 5. The number of ether oxygens (including phenoxy) is 2. The van der Waals surface area contributed by atoms with Crippen molar-refractivity contribution in [1.82, 2.24) is 0 Å². The van der Waals surface area contributed by atoms with Gasteiger partial charge in [-0.1, -0.05) is 176 Å². The van der Waals surface area contributed by atoms with E-state index < -0.39 is 5.41 Å². The molecular weight excluding hydrogens is 707 g/mol. The fourth-order valence-corrected chi connectivity index (χ4v) is 9.77. The van der Waals surface area contributed by atoms with E-state index >= 15 is 0 Å². The molecular formula is C55H35NO2. The van der Waals surface area contributed by atoms with Crippen molar-refractivity contribution in [1.29, 1.82) is 0 Å². The van der Waals surface area contributed by atoms with E-state index in [0.717, 1.165) is 50.6 Å². The molecule has 9 aromatic rings. The van der Waals surface area contributed by atoms with E-state index in [4.69, 9.17) is 9.47 Å². The maximum Gasteiger partial charge on any atom is 0.194 e. The molecule has 0 bridgehead atoms. The molecule has 9 aromatic carbocycles. The zero-order valence-electron chi connectivity index (χ0n) is 31.5. The molecule has 1 aliphatic heterocycles. The molecule has 3 nitrogen and oxygen atoms in total. The van der Waals surface area contributed by atoms with Crippen molar-refractivity contribution in [3.05, 3.63) is 235 Å². The van der Waals surface area contributed by atoms with Gasteiger partial charge in [-0.3, -0.25) is 0 Å². The number of nitrogens with zero attached hydrogens (tertiary/aromatic N) is 1. The van der Waals surface area contributed by atoms with E-state index in [1.54, 1.807) is 0 Å². The maximum atomic E-state index is 7.38. The highest BCUT2D eigenvalue weighted by molar-refractivity contribution is 5.98. The smallest absolute Gasteiger partial charge is 0.194 e. The van der Waals surface area contributed by atoms with Crippen LogP contribution in [0.3, 0.4) is 0 Å². The van der Waals surface area contributed by atoms with Gasteiger partial charge in [-0.05, 0) is 92.0 Å².